The van der Waals surface area contributed by atoms with Gasteiger partial charge < -0.3 is 18.9 Å². The van der Waals surface area contributed by atoms with Crippen molar-refractivity contribution in [3.8, 4) is 0 Å². The highest BCUT2D eigenvalue weighted by Crippen LogP contribution is 2.60. The number of benzene rings is 1. The zero-order valence-electron chi connectivity index (χ0n) is 26.5. The van der Waals surface area contributed by atoms with Crippen molar-refractivity contribution >= 4 is 35.7 Å². The van der Waals surface area contributed by atoms with E-state index in [2.05, 4.69) is 6.58 Å². The fourth-order valence-corrected chi connectivity index (χ4v) is 7.51. The predicted molar refractivity (Wildman–Crippen MR) is 162 cm³/mol. The summed E-state index contributed by atoms with van der Waals surface area (Å²) in [5.41, 5.74) is 0.615. The molecule has 1 aromatic rings. The van der Waals surface area contributed by atoms with Gasteiger partial charge in [-0.25, -0.2) is 4.79 Å². The highest BCUT2D eigenvalue weighted by molar-refractivity contribution is 5.97. The molecule has 9 heteroatoms. The lowest BCUT2D eigenvalue weighted by Gasteiger charge is -2.59. The molecule has 0 unspecified atom stereocenters. The maximum Gasteiger partial charge on any atom is 0.331 e. The lowest BCUT2D eigenvalue weighted by molar-refractivity contribution is -0.211. The predicted octanol–water partition coefficient (Wildman–Crippen LogP) is 5.32. The number of hydrogen-bond acceptors (Lipinski definition) is 9. The Bertz CT molecular complexity index is 1420. The zero-order chi connectivity index (χ0) is 32.6. The van der Waals surface area contributed by atoms with E-state index in [9.17, 15) is 24.0 Å². The largest absolute Gasteiger partial charge is 0.462 e. The molecule has 3 aliphatic rings. The van der Waals surface area contributed by atoms with Gasteiger partial charge in [0.05, 0.1) is 5.41 Å². The summed E-state index contributed by atoms with van der Waals surface area (Å²) < 4.78 is 23.8. The molecule has 2 saturated carbocycles. The molecule has 1 aromatic carbocycles. The number of Topliss-reactive ketones (excluding diaryl/α,β-unsaturated/α-hetero) is 1. The Hall–Kier alpha value is -4.01. The molecule has 4 rings (SSSR count). The number of fused-ring (bicyclic) bond motifs is 3. The molecule has 2 fully saturated rings. The Morgan fingerprint density at radius 3 is 2.09 bits per heavy atom. The summed E-state index contributed by atoms with van der Waals surface area (Å²) in [7, 11) is 0. The summed E-state index contributed by atoms with van der Waals surface area (Å²) in [4.78, 5) is 64.2. The third-order valence-electron chi connectivity index (χ3n) is 9.76. The monoisotopic (exact) mass is 606 g/mol. The number of allylic oxidation sites excluding steroid dienone is 1. The average molecular weight is 607 g/mol. The minimum atomic E-state index is -1.17. The first-order valence-electron chi connectivity index (χ1n) is 15.0. The van der Waals surface area contributed by atoms with Crippen LogP contribution in [-0.4, -0.2) is 54.1 Å². The number of hydrogen-bond donors (Lipinski definition) is 0. The third kappa shape index (κ3) is 6.28. The van der Waals surface area contributed by atoms with Crippen LogP contribution in [0, 0.1) is 22.7 Å². The topological polar surface area (TPSA) is 122 Å². The number of carbonyl (C=O) groups excluding carboxylic acids is 5. The smallest absolute Gasteiger partial charge is 0.331 e. The first-order valence-corrected chi connectivity index (χ1v) is 15.0. The van der Waals surface area contributed by atoms with Crippen molar-refractivity contribution in [2.24, 2.45) is 22.7 Å². The second kappa shape index (κ2) is 12.5. The fraction of sp³-hybridized carbons (Fsp3) is 0.514. The number of carbonyl (C=O) groups is 5. The van der Waals surface area contributed by atoms with Gasteiger partial charge >= 0.3 is 23.9 Å². The van der Waals surface area contributed by atoms with E-state index in [1.165, 1.54) is 26.8 Å². The van der Waals surface area contributed by atoms with Crippen molar-refractivity contribution in [1.82, 2.24) is 0 Å². The van der Waals surface area contributed by atoms with Gasteiger partial charge in [-0.2, -0.15) is 0 Å². The molecule has 44 heavy (non-hydrogen) atoms. The molecule has 0 aliphatic heterocycles. The summed E-state index contributed by atoms with van der Waals surface area (Å²) in [5, 5.41) is 0. The van der Waals surface area contributed by atoms with Gasteiger partial charge in [0.25, 0.3) is 0 Å². The summed E-state index contributed by atoms with van der Waals surface area (Å²) in [6.07, 6.45) is -0.379. The number of ketones is 1. The minimum absolute atomic E-state index is 0.0475. The molecule has 0 heterocycles. The Morgan fingerprint density at radius 2 is 1.50 bits per heavy atom. The second-order valence-corrected chi connectivity index (χ2v) is 12.9. The molecule has 7 atom stereocenters. The van der Waals surface area contributed by atoms with E-state index in [-0.39, 0.29) is 24.5 Å². The van der Waals surface area contributed by atoms with Crippen LogP contribution < -0.4 is 0 Å². The van der Waals surface area contributed by atoms with Gasteiger partial charge in [-0.1, -0.05) is 57.7 Å². The van der Waals surface area contributed by atoms with Gasteiger partial charge in [-0.3, -0.25) is 19.2 Å². The number of esters is 4. The second-order valence-electron chi connectivity index (χ2n) is 12.9. The van der Waals surface area contributed by atoms with Crippen LogP contribution in [0.3, 0.4) is 0 Å². The SMILES string of the molecule is C=C1[C@@H](OC(=O)/C=C/c2ccccc2)C[C@H](OC(C)=O)[C@]2(C)[C@@H]1C[C@@H]1CC(=O)C(C)=C([C@@H](OC(C)=O)[C@@H]2OC(C)=O)C1(C)C. The van der Waals surface area contributed by atoms with Crippen molar-refractivity contribution in [3.63, 3.8) is 0 Å². The molecule has 236 valence electrons. The fourth-order valence-electron chi connectivity index (χ4n) is 7.51. The third-order valence-corrected chi connectivity index (χ3v) is 9.76. The van der Waals surface area contributed by atoms with Crippen molar-refractivity contribution in [1.29, 1.82) is 0 Å². The van der Waals surface area contributed by atoms with Gasteiger partial charge in [0.1, 0.15) is 12.2 Å². The highest BCUT2D eigenvalue weighted by atomic mass is 16.6. The van der Waals surface area contributed by atoms with Crippen LogP contribution in [0.4, 0.5) is 0 Å². The Kier molecular flexibility index (Phi) is 9.37. The van der Waals surface area contributed by atoms with E-state index >= 15 is 0 Å². The van der Waals surface area contributed by atoms with Crippen LogP contribution in [0.25, 0.3) is 6.08 Å². The summed E-state index contributed by atoms with van der Waals surface area (Å²) in [6, 6.07) is 9.29. The first-order chi connectivity index (χ1) is 20.6. The average Bonchev–Trinajstić information content (AvgIpc) is 2.93. The van der Waals surface area contributed by atoms with E-state index in [4.69, 9.17) is 18.9 Å². The van der Waals surface area contributed by atoms with Gasteiger partial charge in [0.15, 0.2) is 18.0 Å². The van der Waals surface area contributed by atoms with Gasteiger partial charge in [-0.15, -0.1) is 0 Å². The molecule has 9 nitrogen and oxygen atoms in total. The Morgan fingerprint density at radius 1 is 0.886 bits per heavy atom. The summed E-state index contributed by atoms with van der Waals surface area (Å²) >= 11 is 0. The molecule has 0 N–H and O–H groups in total. The van der Waals surface area contributed by atoms with Gasteiger partial charge in [-0.05, 0) is 59.0 Å². The van der Waals surface area contributed by atoms with Crippen LogP contribution in [0.1, 0.15) is 73.3 Å². The lowest BCUT2D eigenvalue weighted by Crippen LogP contribution is -2.64. The maximum atomic E-state index is 13.4. The van der Waals surface area contributed by atoms with Crippen molar-refractivity contribution in [3.05, 3.63) is 65.3 Å². The zero-order valence-corrected chi connectivity index (χ0v) is 26.5. The normalized spacial score (nSPS) is 31.3. The number of rotatable bonds is 6. The first kappa shape index (κ1) is 32.9. The molecule has 0 amide bonds. The highest BCUT2D eigenvalue weighted by Gasteiger charge is 2.64. The molecule has 0 saturated heterocycles. The number of ether oxygens (including phenoxy) is 4. The lowest BCUT2D eigenvalue weighted by atomic mass is 9.49. The molecule has 0 spiro atoms. The molecular formula is C35H42O9. The van der Waals surface area contributed by atoms with Crippen LogP contribution in [0.5, 0.6) is 0 Å². The molecular weight excluding hydrogens is 564 g/mol. The molecule has 0 aromatic heterocycles. The van der Waals surface area contributed by atoms with Crippen LogP contribution >= 0.6 is 0 Å². The Balaban J connectivity index is 1.86. The molecule has 3 aliphatic carbocycles. The molecule has 0 radical (unpaired) electrons. The van der Waals surface area contributed by atoms with E-state index in [0.29, 0.717) is 23.1 Å². The van der Waals surface area contributed by atoms with Gasteiger partial charge in [0, 0.05) is 39.7 Å². The molecule has 2 bridgehead atoms. The van der Waals surface area contributed by atoms with Crippen LogP contribution in [0.15, 0.2) is 59.7 Å². The van der Waals surface area contributed by atoms with E-state index in [0.717, 1.165) is 5.56 Å². The van der Waals surface area contributed by atoms with E-state index in [1.807, 2.05) is 51.1 Å². The summed E-state index contributed by atoms with van der Waals surface area (Å²) in [6.45, 7) is 15.7. The van der Waals surface area contributed by atoms with E-state index in [1.54, 1.807) is 13.0 Å². The van der Waals surface area contributed by atoms with Crippen LogP contribution in [0.2, 0.25) is 0 Å². The van der Waals surface area contributed by atoms with Crippen molar-refractivity contribution < 1.29 is 42.9 Å². The van der Waals surface area contributed by atoms with Crippen molar-refractivity contribution in [2.45, 2.75) is 92.1 Å². The Labute approximate surface area is 258 Å². The van der Waals surface area contributed by atoms with Crippen molar-refractivity contribution in [2.75, 3.05) is 0 Å². The summed E-state index contributed by atoms with van der Waals surface area (Å²) in [5.74, 6) is -3.29. The van der Waals surface area contributed by atoms with Crippen LogP contribution in [-0.2, 0) is 42.9 Å². The van der Waals surface area contributed by atoms with E-state index < -0.39 is 65.0 Å². The maximum absolute atomic E-state index is 13.4. The van der Waals surface area contributed by atoms with Gasteiger partial charge in [0.2, 0.25) is 0 Å². The quantitative estimate of drug-likeness (QED) is 0.183. The standard InChI is InChI=1S/C35H42O9/c1-19-26-16-25-17-27(39)20(2)31(34(25,6)7)32(42-22(4)37)33(43-23(5)38)35(26,8)29(41-21(3)36)18-28(19)44-30(40)15-14-24-12-10-9-11-13-24/h9-15,25-26,28-29,32-33H,1,16-18H2,2-8H3/b15-14+/t25-,26-,28+,29+,32-,33+,35+/m1/s1. The minimum Gasteiger partial charge on any atom is -0.462 e.